The van der Waals surface area contributed by atoms with E-state index < -0.39 is 23.2 Å². The van der Waals surface area contributed by atoms with Gasteiger partial charge in [0.25, 0.3) is 0 Å². The van der Waals surface area contributed by atoms with Crippen molar-refractivity contribution in [2.24, 2.45) is 17.3 Å². The summed E-state index contributed by atoms with van der Waals surface area (Å²) >= 11 is 3.25. The molecule has 1 aliphatic carbocycles. The third-order valence-corrected chi connectivity index (χ3v) is 3.82. The maximum absolute atomic E-state index is 12.0. The van der Waals surface area contributed by atoms with Crippen LogP contribution in [0.15, 0.2) is 22.8 Å². The number of carboxylic acids is 1. The van der Waals surface area contributed by atoms with Crippen LogP contribution in [0.5, 0.6) is 0 Å². The molecular weight excluding hydrogens is 300 g/mol. The summed E-state index contributed by atoms with van der Waals surface area (Å²) < 4.78 is 0.815. The zero-order valence-corrected chi connectivity index (χ0v) is 11.6. The number of rotatable bonds is 3. The minimum Gasteiger partial charge on any atom is -0.481 e. The standard InChI is InChI=1S/C12H13BrN2O3/c1-12(2)8(9(12)11(17)18)10(16)15-7-4-3-6(13)5-14-7/h3-5,8-9H,1-2H3,(H,17,18)(H,14,15,16)/t8-,9+/m1/s1. The maximum Gasteiger partial charge on any atom is 0.307 e. The minimum atomic E-state index is -0.927. The predicted molar refractivity (Wildman–Crippen MR) is 69.0 cm³/mol. The molecule has 0 spiro atoms. The Morgan fingerprint density at radius 2 is 2.06 bits per heavy atom. The van der Waals surface area contributed by atoms with E-state index in [0.717, 1.165) is 4.47 Å². The topological polar surface area (TPSA) is 79.3 Å². The van der Waals surface area contributed by atoms with Crippen LogP contribution in [0.4, 0.5) is 5.82 Å². The zero-order chi connectivity index (χ0) is 13.5. The Bertz CT molecular complexity index is 499. The highest BCUT2D eigenvalue weighted by atomic mass is 79.9. The first kappa shape index (κ1) is 13.0. The number of pyridine rings is 1. The van der Waals surface area contributed by atoms with Gasteiger partial charge in [0.05, 0.1) is 11.8 Å². The van der Waals surface area contributed by atoms with Crippen molar-refractivity contribution in [3.05, 3.63) is 22.8 Å². The molecule has 96 valence electrons. The average molecular weight is 313 g/mol. The van der Waals surface area contributed by atoms with E-state index in [1.54, 1.807) is 32.2 Å². The second-order valence-corrected chi connectivity index (χ2v) is 5.88. The van der Waals surface area contributed by atoms with Gasteiger partial charge in [-0.2, -0.15) is 0 Å². The van der Waals surface area contributed by atoms with E-state index in [1.807, 2.05) is 0 Å². The summed E-state index contributed by atoms with van der Waals surface area (Å²) in [7, 11) is 0. The monoisotopic (exact) mass is 312 g/mol. The Hall–Kier alpha value is -1.43. The fourth-order valence-electron chi connectivity index (χ4n) is 2.24. The molecule has 0 bridgehead atoms. The normalized spacial score (nSPS) is 24.4. The van der Waals surface area contributed by atoms with Crippen LogP contribution in [0.2, 0.25) is 0 Å². The molecule has 2 N–H and O–H groups in total. The Labute approximate surface area is 113 Å². The van der Waals surface area contributed by atoms with E-state index in [1.165, 1.54) is 0 Å². The summed E-state index contributed by atoms with van der Waals surface area (Å²) in [5, 5.41) is 11.6. The number of aromatic nitrogens is 1. The van der Waals surface area contributed by atoms with Gasteiger partial charge in [-0.1, -0.05) is 13.8 Å². The van der Waals surface area contributed by atoms with E-state index in [2.05, 4.69) is 26.2 Å². The summed E-state index contributed by atoms with van der Waals surface area (Å²) in [6.07, 6.45) is 1.57. The molecule has 5 nitrogen and oxygen atoms in total. The maximum atomic E-state index is 12.0. The number of amides is 1. The lowest BCUT2D eigenvalue weighted by Gasteiger charge is -2.04. The third-order valence-electron chi connectivity index (χ3n) is 3.35. The molecule has 2 rings (SSSR count). The number of hydrogen-bond donors (Lipinski definition) is 2. The van der Waals surface area contributed by atoms with Gasteiger partial charge in [-0.25, -0.2) is 4.98 Å². The molecule has 2 atom stereocenters. The minimum absolute atomic E-state index is 0.290. The van der Waals surface area contributed by atoms with Crippen LogP contribution in [-0.4, -0.2) is 22.0 Å². The average Bonchev–Trinajstić information content (AvgIpc) is 2.85. The van der Waals surface area contributed by atoms with E-state index in [0.29, 0.717) is 5.82 Å². The van der Waals surface area contributed by atoms with Crippen LogP contribution in [-0.2, 0) is 9.59 Å². The number of nitrogens with zero attached hydrogens (tertiary/aromatic N) is 1. The zero-order valence-electron chi connectivity index (χ0n) is 9.98. The van der Waals surface area contributed by atoms with Gasteiger partial charge in [0, 0.05) is 10.7 Å². The number of nitrogens with one attached hydrogen (secondary N) is 1. The molecule has 0 unspecified atom stereocenters. The van der Waals surface area contributed by atoms with Crippen molar-refractivity contribution in [3.63, 3.8) is 0 Å². The lowest BCUT2D eigenvalue weighted by molar-refractivity contribution is -0.140. The van der Waals surface area contributed by atoms with Crippen LogP contribution < -0.4 is 5.32 Å². The molecule has 1 aromatic rings. The molecular formula is C12H13BrN2O3. The van der Waals surface area contributed by atoms with E-state index in [4.69, 9.17) is 5.11 Å². The number of aliphatic carboxylic acids is 1. The summed E-state index contributed by atoms with van der Waals surface area (Å²) in [6, 6.07) is 3.42. The highest BCUT2D eigenvalue weighted by molar-refractivity contribution is 9.10. The Morgan fingerprint density at radius 3 is 2.50 bits per heavy atom. The SMILES string of the molecule is CC1(C)[C@H](C(=O)O)[C@@H]1C(=O)Nc1ccc(Br)cn1. The van der Waals surface area contributed by atoms with Gasteiger partial charge >= 0.3 is 5.97 Å². The first-order valence-corrected chi connectivity index (χ1v) is 6.28. The highest BCUT2D eigenvalue weighted by Gasteiger charge is 2.65. The summed E-state index contributed by atoms with van der Waals surface area (Å²) in [6.45, 7) is 3.57. The fraction of sp³-hybridized carbons (Fsp3) is 0.417. The first-order chi connectivity index (χ1) is 8.34. The van der Waals surface area contributed by atoms with Gasteiger partial charge < -0.3 is 10.4 Å². The molecule has 0 radical (unpaired) electrons. The number of carbonyl (C=O) groups is 2. The lowest BCUT2D eigenvalue weighted by Crippen LogP contribution is -2.18. The van der Waals surface area contributed by atoms with Crippen molar-refractivity contribution >= 4 is 33.6 Å². The molecule has 0 aliphatic heterocycles. The predicted octanol–water partition coefficient (Wildman–Crippen LogP) is 2.14. The molecule has 0 saturated heterocycles. The molecule has 1 amide bonds. The molecule has 0 aromatic carbocycles. The number of carboxylic acid groups (broad SMARTS) is 1. The van der Waals surface area contributed by atoms with Crippen molar-refractivity contribution in [2.45, 2.75) is 13.8 Å². The van der Waals surface area contributed by atoms with E-state index >= 15 is 0 Å². The van der Waals surface area contributed by atoms with Crippen molar-refractivity contribution in [2.75, 3.05) is 5.32 Å². The first-order valence-electron chi connectivity index (χ1n) is 5.49. The summed E-state index contributed by atoms with van der Waals surface area (Å²) in [4.78, 5) is 27.0. The van der Waals surface area contributed by atoms with Crippen LogP contribution in [0.25, 0.3) is 0 Å². The number of carbonyl (C=O) groups excluding carboxylic acids is 1. The summed E-state index contributed by atoms with van der Waals surface area (Å²) in [5.74, 6) is -1.91. The molecule has 18 heavy (non-hydrogen) atoms. The van der Waals surface area contributed by atoms with Crippen molar-refractivity contribution in [3.8, 4) is 0 Å². The summed E-state index contributed by atoms with van der Waals surface area (Å²) in [5.41, 5.74) is -0.495. The molecule has 1 aromatic heterocycles. The molecule has 1 fully saturated rings. The Balaban J connectivity index is 2.06. The Kier molecular flexibility index (Phi) is 3.14. The van der Waals surface area contributed by atoms with Crippen LogP contribution in [0.1, 0.15) is 13.8 Å². The smallest absolute Gasteiger partial charge is 0.307 e. The largest absolute Gasteiger partial charge is 0.481 e. The van der Waals surface area contributed by atoms with Crippen LogP contribution >= 0.6 is 15.9 Å². The number of anilines is 1. The Morgan fingerprint density at radius 1 is 1.39 bits per heavy atom. The number of hydrogen-bond acceptors (Lipinski definition) is 3. The molecule has 1 heterocycles. The van der Waals surface area contributed by atoms with Gasteiger partial charge in [-0.3, -0.25) is 9.59 Å². The van der Waals surface area contributed by atoms with Crippen LogP contribution in [0, 0.1) is 17.3 Å². The highest BCUT2D eigenvalue weighted by Crippen LogP contribution is 2.58. The van der Waals surface area contributed by atoms with E-state index in [-0.39, 0.29) is 5.91 Å². The van der Waals surface area contributed by atoms with Gasteiger partial charge in [-0.15, -0.1) is 0 Å². The second-order valence-electron chi connectivity index (χ2n) is 4.97. The fourth-order valence-corrected chi connectivity index (χ4v) is 2.48. The van der Waals surface area contributed by atoms with Gasteiger partial charge in [0.2, 0.25) is 5.91 Å². The molecule has 1 aliphatic rings. The van der Waals surface area contributed by atoms with Crippen molar-refractivity contribution in [1.29, 1.82) is 0 Å². The molecule has 6 heteroatoms. The van der Waals surface area contributed by atoms with Gasteiger partial charge in [-0.05, 0) is 33.5 Å². The van der Waals surface area contributed by atoms with Crippen LogP contribution in [0.3, 0.4) is 0 Å². The van der Waals surface area contributed by atoms with E-state index in [9.17, 15) is 9.59 Å². The quantitative estimate of drug-likeness (QED) is 0.896. The third kappa shape index (κ3) is 2.25. The second kappa shape index (κ2) is 4.35. The lowest BCUT2D eigenvalue weighted by atomic mass is 10.1. The molecule has 1 saturated carbocycles. The van der Waals surface area contributed by atoms with Crippen molar-refractivity contribution < 1.29 is 14.7 Å². The van der Waals surface area contributed by atoms with Gasteiger partial charge in [0.1, 0.15) is 5.82 Å². The van der Waals surface area contributed by atoms with Gasteiger partial charge in [0.15, 0.2) is 0 Å². The van der Waals surface area contributed by atoms with Crippen molar-refractivity contribution in [1.82, 2.24) is 4.98 Å². The number of halogens is 1.